The van der Waals surface area contributed by atoms with Crippen LogP contribution in [0.2, 0.25) is 0 Å². The van der Waals surface area contributed by atoms with Crippen molar-refractivity contribution >= 4 is 11.9 Å². The molecule has 0 heterocycles. The van der Waals surface area contributed by atoms with Crippen LogP contribution in [0, 0.1) is 0 Å². The molecule has 0 rings (SSSR count). The minimum atomic E-state index is -0.935. The van der Waals surface area contributed by atoms with Crippen LogP contribution in [0.5, 0.6) is 0 Å². The maximum atomic E-state index is 11.1. The quantitative estimate of drug-likeness (QED) is 0.366. The Labute approximate surface area is 128 Å². The number of carbonyl (C=O) groups excluding carboxylic acids is 1. The first-order valence-electron chi connectivity index (χ1n) is 7.60. The molecule has 0 aliphatic carbocycles. The van der Waals surface area contributed by atoms with E-state index in [0.717, 1.165) is 32.1 Å². The second kappa shape index (κ2) is 14.8. The van der Waals surface area contributed by atoms with Crippen molar-refractivity contribution in [3.63, 3.8) is 0 Å². The highest BCUT2D eigenvalue weighted by atomic mass is 16.5. The molecule has 0 aromatic rings. The van der Waals surface area contributed by atoms with Crippen LogP contribution in [-0.4, -0.2) is 23.1 Å². The smallest absolute Gasteiger partial charge is 0.330 e. The van der Waals surface area contributed by atoms with Gasteiger partial charge in [-0.3, -0.25) is 0 Å². The predicted molar refractivity (Wildman–Crippen MR) is 86.2 cm³/mol. The largest absolute Gasteiger partial charge is 0.478 e. The number of ether oxygens (including phenoxy) is 1. The highest BCUT2D eigenvalue weighted by Crippen LogP contribution is 2.13. The lowest BCUT2D eigenvalue weighted by molar-refractivity contribution is -0.143. The van der Waals surface area contributed by atoms with Crippen molar-refractivity contribution in [1.29, 1.82) is 0 Å². The van der Waals surface area contributed by atoms with E-state index >= 15 is 0 Å². The van der Waals surface area contributed by atoms with Crippen molar-refractivity contribution in [3.8, 4) is 0 Å². The van der Waals surface area contributed by atoms with E-state index in [1.165, 1.54) is 25.8 Å². The number of carboxylic acids is 1. The van der Waals surface area contributed by atoms with Crippen LogP contribution < -0.4 is 0 Å². The van der Waals surface area contributed by atoms with Crippen molar-refractivity contribution < 1.29 is 19.4 Å². The number of carbonyl (C=O) groups is 2. The molecule has 0 saturated heterocycles. The molecule has 0 spiro atoms. The van der Waals surface area contributed by atoms with E-state index in [0.29, 0.717) is 0 Å². The summed E-state index contributed by atoms with van der Waals surface area (Å²) in [6, 6.07) is 0. The molecule has 122 valence electrons. The van der Waals surface area contributed by atoms with Gasteiger partial charge in [0, 0.05) is 11.6 Å². The molecule has 0 fully saturated rings. The number of unbranched alkanes of at least 4 members (excludes halogenated alkanes) is 3. The molecule has 0 bridgehead atoms. The van der Waals surface area contributed by atoms with Crippen LogP contribution >= 0.6 is 0 Å². The van der Waals surface area contributed by atoms with E-state index in [1.807, 2.05) is 0 Å². The van der Waals surface area contributed by atoms with Gasteiger partial charge in [-0.1, -0.05) is 52.7 Å². The van der Waals surface area contributed by atoms with Gasteiger partial charge in [0.25, 0.3) is 0 Å². The van der Waals surface area contributed by atoms with E-state index in [9.17, 15) is 9.59 Å². The summed E-state index contributed by atoms with van der Waals surface area (Å²) in [6.45, 7) is 12.3. The molecule has 0 saturated carbocycles. The molecule has 1 atom stereocenters. The number of rotatable bonds is 10. The molecule has 4 heteroatoms. The molecule has 1 unspecified atom stereocenters. The zero-order valence-electron chi connectivity index (χ0n) is 13.7. The summed E-state index contributed by atoms with van der Waals surface area (Å²) in [7, 11) is 0. The zero-order valence-corrected chi connectivity index (χ0v) is 13.7. The maximum absolute atomic E-state index is 11.1. The molecule has 0 amide bonds. The summed E-state index contributed by atoms with van der Waals surface area (Å²) in [5, 5.41) is 7.89. The Bertz CT molecular complexity index is 309. The first-order chi connectivity index (χ1) is 9.88. The minimum absolute atomic E-state index is 0.0991. The van der Waals surface area contributed by atoms with Crippen LogP contribution in [0.1, 0.15) is 65.7 Å². The first kappa shape index (κ1) is 21.7. The van der Waals surface area contributed by atoms with E-state index < -0.39 is 5.97 Å². The average Bonchev–Trinajstić information content (AvgIpc) is 2.45. The highest BCUT2D eigenvalue weighted by molar-refractivity contribution is 5.84. The maximum Gasteiger partial charge on any atom is 0.330 e. The van der Waals surface area contributed by atoms with Gasteiger partial charge in [0.05, 0.1) is 0 Å². The molecule has 0 aromatic heterocycles. The Hall–Kier alpha value is -1.58. The van der Waals surface area contributed by atoms with Crippen LogP contribution in [0.25, 0.3) is 0 Å². The molecule has 0 radical (unpaired) electrons. The minimum Gasteiger partial charge on any atom is -0.478 e. The molecule has 4 nitrogen and oxygen atoms in total. The molecule has 21 heavy (non-hydrogen) atoms. The summed E-state index contributed by atoms with van der Waals surface area (Å²) in [5.74, 6) is -1.22. The first-order valence-corrected chi connectivity index (χ1v) is 7.60. The molecule has 0 aliphatic rings. The van der Waals surface area contributed by atoms with E-state index in [-0.39, 0.29) is 17.6 Å². The van der Waals surface area contributed by atoms with E-state index in [2.05, 4.69) is 27.0 Å². The Morgan fingerprint density at radius 1 is 1.14 bits per heavy atom. The van der Waals surface area contributed by atoms with Crippen molar-refractivity contribution in [1.82, 2.24) is 0 Å². The number of carboxylic acid groups (broad SMARTS) is 1. The fourth-order valence-electron chi connectivity index (χ4n) is 1.53. The number of hydrogen-bond acceptors (Lipinski definition) is 3. The summed E-state index contributed by atoms with van der Waals surface area (Å²) in [4.78, 5) is 20.7. The highest BCUT2D eigenvalue weighted by Gasteiger charge is 2.11. The van der Waals surface area contributed by atoms with Gasteiger partial charge in [0.15, 0.2) is 0 Å². The van der Waals surface area contributed by atoms with E-state index in [1.54, 1.807) is 0 Å². The third-order valence-corrected chi connectivity index (χ3v) is 2.82. The van der Waals surface area contributed by atoms with Crippen molar-refractivity contribution in [2.45, 2.75) is 71.8 Å². The predicted octanol–water partition coefficient (Wildman–Crippen LogP) is 4.50. The molecule has 1 N–H and O–H groups in total. The van der Waals surface area contributed by atoms with E-state index in [4.69, 9.17) is 9.84 Å². The molecular weight excluding hydrogens is 268 g/mol. The topological polar surface area (TPSA) is 63.6 Å². The van der Waals surface area contributed by atoms with Gasteiger partial charge in [-0.2, -0.15) is 0 Å². The third kappa shape index (κ3) is 16.4. The fourth-order valence-corrected chi connectivity index (χ4v) is 1.53. The molecule has 0 aliphatic heterocycles. The summed E-state index contributed by atoms with van der Waals surface area (Å²) < 4.78 is 5.29. The Balaban J connectivity index is 0. The number of esters is 1. The standard InChI is InChI=1S/C13H24O2.C4H6O2/c1-4-7-9-11-12(10-8-5-2)15-13(14)6-3;1-3(2)4(5)6/h6,12H,3-5,7-11H2,1-2H3;1H2,2H3,(H,5,6). The second-order valence-electron chi connectivity index (χ2n) is 4.99. The van der Waals surface area contributed by atoms with Gasteiger partial charge in [-0.15, -0.1) is 0 Å². The summed E-state index contributed by atoms with van der Waals surface area (Å²) in [5.41, 5.74) is 0.176. The van der Waals surface area contributed by atoms with Crippen LogP contribution in [0.4, 0.5) is 0 Å². The average molecular weight is 298 g/mol. The number of hydrogen-bond donors (Lipinski definition) is 1. The lowest BCUT2D eigenvalue weighted by Gasteiger charge is -2.16. The molecular formula is C17H30O4. The van der Waals surface area contributed by atoms with Crippen molar-refractivity contribution in [2.75, 3.05) is 0 Å². The Kier molecular flexibility index (Phi) is 15.3. The lowest BCUT2D eigenvalue weighted by Crippen LogP contribution is -2.16. The zero-order chi connectivity index (χ0) is 16.7. The van der Waals surface area contributed by atoms with Gasteiger partial charge in [0.2, 0.25) is 0 Å². The van der Waals surface area contributed by atoms with Gasteiger partial charge >= 0.3 is 11.9 Å². The van der Waals surface area contributed by atoms with Crippen molar-refractivity contribution in [2.24, 2.45) is 0 Å². The summed E-state index contributed by atoms with van der Waals surface area (Å²) >= 11 is 0. The Morgan fingerprint density at radius 3 is 2.00 bits per heavy atom. The SMILES string of the molecule is C=C(C)C(=O)O.C=CC(=O)OC(CCCC)CCCCC. The second-order valence-corrected chi connectivity index (χ2v) is 4.99. The number of aliphatic carboxylic acids is 1. The van der Waals surface area contributed by atoms with Crippen LogP contribution in [0.3, 0.4) is 0 Å². The van der Waals surface area contributed by atoms with Crippen molar-refractivity contribution in [3.05, 3.63) is 24.8 Å². The monoisotopic (exact) mass is 298 g/mol. The normalized spacial score (nSPS) is 10.8. The van der Waals surface area contributed by atoms with Gasteiger partial charge in [-0.25, -0.2) is 9.59 Å². The third-order valence-electron chi connectivity index (χ3n) is 2.82. The summed E-state index contributed by atoms with van der Waals surface area (Å²) in [6.07, 6.45) is 9.17. The van der Waals surface area contributed by atoms with Crippen LogP contribution in [-0.2, 0) is 14.3 Å². The lowest BCUT2D eigenvalue weighted by atomic mass is 10.1. The van der Waals surface area contributed by atoms with Gasteiger partial charge in [-0.05, 0) is 26.2 Å². The Morgan fingerprint density at radius 2 is 1.62 bits per heavy atom. The van der Waals surface area contributed by atoms with Crippen LogP contribution in [0.15, 0.2) is 24.8 Å². The van der Waals surface area contributed by atoms with Gasteiger partial charge < -0.3 is 9.84 Å². The molecule has 0 aromatic carbocycles. The fraction of sp³-hybridized carbons (Fsp3) is 0.647. The van der Waals surface area contributed by atoms with Gasteiger partial charge in [0.1, 0.15) is 6.10 Å².